The number of hydrogen-bond acceptors (Lipinski definition) is 4. The molecule has 5 rings (SSSR count). The molecule has 1 aromatic rings. The standard InChI is InChI=1S/C28H43NO3/c1-28-13-12-23-22-9-6-20(30)16-19(22)17-24(27(23)25(28)10-11-26(28)31)18-4-7-21(8-5-18)32-15-14-29(2)3/h4-5,7-8,19-20,22-27,30-31H,6,9-17H2,1-3H3/t19?,20?,22-,23+,24-,25-,26-,27-,28-/m0/s1. The molecule has 0 heterocycles. The van der Waals surface area contributed by atoms with Gasteiger partial charge in [-0.3, -0.25) is 0 Å². The van der Waals surface area contributed by atoms with Crippen molar-refractivity contribution in [1.82, 2.24) is 4.90 Å². The van der Waals surface area contributed by atoms with E-state index >= 15 is 0 Å². The first kappa shape index (κ1) is 22.7. The van der Waals surface area contributed by atoms with Crippen LogP contribution in [0.1, 0.15) is 69.8 Å². The Hall–Kier alpha value is -1.10. The zero-order valence-corrected chi connectivity index (χ0v) is 20.2. The second-order valence-electron chi connectivity index (χ2n) is 11.9. The van der Waals surface area contributed by atoms with E-state index in [4.69, 9.17) is 4.74 Å². The fourth-order valence-corrected chi connectivity index (χ4v) is 8.37. The van der Waals surface area contributed by atoms with Crippen molar-refractivity contribution in [1.29, 1.82) is 0 Å². The lowest BCUT2D eigenvalue weighted by atomic mass is 9.47. The lowest BCUT2D eigenvalue weighted by Gasteiger charge is -2.58. The molecule has 2 unspecified atom stereocenters. The summed E-state index contributed by atoms with van der Waals surface area (Å²) in [5, 5.41) is 21.3. The topological polar surface area (TPSA) is 52.9 Å². The van der Waals surface area contributed by atoms with Crippen molar-refractivity contribution in [3.05, 3.63) is 29.8 Å². The Morgan fingerprint density at radius 3 is 2.50 bits per heavy atom. The molecule has 0 aromatic heterocycles. The van der Waals surface area contributed by atoms with Crippen molar-refractivity contribution >= 4 is 0 Å². The molecule has 0 spiro atoms. The van der Waals surface area contributed by atoms with Crippen LogP contribution in [0.25, 0.3) is 0 Å². The Balaban J connectivity index is 1.41. The average Bonchev–Trinajstić information content (AvgIpc) is 3.07. The molecule has 0 aliphatic heterocycles. The summed E-state index contributed by atoms with van der Waals surface area (Å²) >= 11 is 0. The number of aliphatic hydroxyl groups excluding tert-OH is 2. The van der Waals surface area contributed by atoms with Crippen molar-refractivity contribution < 1.29 is 14.9 Å². The molecule has 4 aliphatic rings. The van der Waals surface area contributed by atoms with Gasteiger partial charge in [0.25, 0.3) is 0 Å². The van der Waals surface area contributed by atoms with Crippen molar-refractivity contribution in [3.8, 4) is 5.75 Å². The normalized spacial score (nSPS) is 43.4. The number of fused-ring (bicyclic) bond motifs is 5. The molecule has 4 nitrogen and oxygen atoms in total. The van der Waals surface area contributed by atoms with E-state index < -0.39 is 0 Å². The molecule has 2 N–H and O–H groups in total. The number of benzene rings is 1. The number of likely N-dealkylation sites (N-methyl/N-ethyl adjacent to an activating group) is 1. The first-order chi connectivity index (χ1) is 15.4. The summed E-state index contributed by atoms with van der Waals surface area (Å²) in [6.07, 6.45) is 8.72. The Morgan fingerprint density at radius 1 is 0.969 bits per heavy atom. The first-order valence-electron chi connectivity index (χ1n) is 13.1. The molecule has 0 radical (unpaired) electrons. The van der Waals surface area contributed by atoms with E-state index in [1.54, 1.807) is 0 Å². The number of ether oxygens (including phenoxy) is 1. The molecule has 0 amide bonds. The van der Waals surface area contributed by atoms with Gasteiger partial charge in [0, 0.05) is 6.54 Å². The van der Waals surface area contributed by atoms with Gasteiger partial charge >= 0.3 is 0 Å². The van der Waals surface area contributed by atoms with E-state index in [0.29, 0.717) is 30.3 Å². The van der Waals surface area contributed by atoms with Crippen LogP contribution >= 0.6 is 0 Å². The molecule has 4 fully saturated rings. The third kappa shape index (κ3) is 4.01. The largest absolute Gasteiger partial charge is 0.492 e. The van der Waals surface area contributed by atoms with Gasteiger partial charge in [-0.25, -0.2) is 0 Å². The minimum Gasteiger partial charge on any atom is -0.492 e. The number of nitrogens with zero attached hydrogens (tertiary/aromatic N) is 1. The van der Waals surface area contributed by atoms with Crippen LogP contribution in [0.3, 0.4) is 0 Å². The summed E-state index contributed by atoms with van der Waals surface area (Å²) in [5.41, 5.74) is 1.54. The van der Waals surface area contributed by atoms with E-state index in [2.05, 4.69) is 50.2 Å². The van der Waals surface area contributed by atoms with E-state index in [0.717, 1.165) is 43.4 Å². The van der Waals surface area contributed by atoms with Gasteiger partial charge in [0.1, 0.15) is 12.4 Å². The van der Waals surface area contributed by atoms with Gasteiger partial charge in [0.05, 0.1) is 12.2 Å². The van der Waals surface area contributed by atoms with Gasteiger partial charge < -0.3 is 19.8 Å². The Labute approximate surface area is 194 Å². The maximum absolute atomic E-state index is 10.9. The molecule has 9 atom stereocenters. The van der Waals surface area contributed by atoms with Gasteiger partial charge in [-0.15, -0.1) is 0 Å². The molecule has 32 heavy (non-hydrogen) atoms. The van der Waals surface area contributed by atoms with Crippen molar-refractivity contribution in [3.63, 3.8) is 0 Å². The second kappa shape index (κ2) is 8.92. The van der Waals surface area contributed by atoms with Gasteiger partial charge in [-0.05, 0) is 124 Å². The number of aliphatic hydroxyl groups is 2. The van der Waals surface area contributed by atoms with Crippen molar-refractivity contribution in [2.75, 3.05) is 27.2 Å². The predicted molar refractivity (Wildman–Crippen MR) is 128 cm³/mol. The highest BCUT2D eigenvalue weighted by Gasteiger charge is 2.59. The average molecular weight is 442 g/mol. The molecule has 4 saturated carbocycles. The third-order valence-corrected chi connectivity index (χ3v) is 10.0. The highest BCUT2D eigenvalue weighted by atomic mass is 16.5. The summed E-state index contributed by atoms with van der Waals surface area (Å²) in [4.78, 5) is 2.14. The molecule has 0 bridgehead atoms. The Morgan fingerprint density at radius 2 is 1.75 bits per heavy atom. The number of rotatable bonds is 5. The lowest BCUT2D eigenvalue weighted by Crippen LogP contribution is -2.52. The fourth-order valence-electron chi connectivity index (χ4n) is 8.37. The van der Waals surface area contributed by atoms with E-state index in [-0.39, 0.29) is 17.6 Å². The van der Waals surface area contributed by atoms with Gasteiger partial charge in [-0.1, -0.05) is 19.1 Å². The zero-order valence-electron chi connectivity index (χ0n) is 20.2. The van der Waals surface area contributed by atoms with Gasteiger partial charge in [0.2, 0.25) is 0 Å². The SMILES string of the molecule is CN(C)CCOc1ccc([C@@H]2CC3CC(O)CC[C@@H]3[C@H]3CC[C@]4(C)[C@@H](O)CC[C@H]4[C@@H]32)cc1. The van der Waals surface area contributed by atoms with Crippen LogP contribution in [0.4, 0.5) is 0 Å². The summed E-state index contributed by atoms with van der Waals surface area (Å²) < 4.78 is 5.96. The minimum atomic E-state index is -0.132. The Kier molecular flexibility index (Phi) is 6.32. The molecule has 1 aromatic carbocycles. The van der Waals surface area contributed by atoms with Crippen LogP contribution in [-0.2, 0) is 0 Å². The third-order valence-electron chi connectivity index (χ3n) is 10.0. The van der Waals surface area contributed by atoms with Crippen LogP contribution in [0.2, 0.25) is 0 Å². The van der Waals surface area contributed by atoms with Crippen LogP contribution in [-0.4, -0.2) is 54.6 Å². The quantitative estimate of drug-likeness (QED) is 0.696. The van der Waals surface area contributed by atoms with Crippen molar-refractivity contribution in [2.45, 2.75) is 76.4 Å². The summed E-state index contributed by atoms with van der Waals surface area (Å²) in [6.45, 7) is 4.00. The van der Waals surface area contributed by atoms with E-state index in [1.807, 2.05) is 0 Å². The highest BCUT2D eigenvalue weighted by molar-refractivity contribution is 5.31. The lowest BCUT2D eigenvalue weighted by molar-refractivity contribution is -0.101. The number of hydrogen-bond donors (Lipinski definition) is 2. The van der Waals surface area contributed by atoms with Gasteiger partial charge in [-0.2, -0.15) is 0 Å². The molecule has 4 aliphatic carbocycles. The monoisotopic (exact) mass is 441 g/mol. The summed E-state index contributed by atoms with van der Waals surface area (Å²) in [6, 6.07) is 8.94. The molecule has 0 saturated heterocycles. The smallest absolute Gasteiger partial charge is 0.119 e. The summed E-state index contributed by atoms with van der Waals surface area (Å²) in [5.74, 6) is 4.97. The van der Waals surface area contributed by atoms with Gasteiger partial charge in [0.15, 0.2) is 0 Å². The van der Waals surface area contributed by atoms with Crippen LogP contribution in [0, 0.1) is 35.0 Å². The predicted octanol–water partition coefficient (Wildman–Crippen LogP) is 4.69. The van der Waals surface area contributed by atoms with Crippen LogP contribution < -0.4 is 4.74 Å². The molecule has 4 heteroatoms. The second-order valence-corrected chi connectivity index (χ2v) is 11.9. The summed E-state index contributed by atoms with van der Waals surface area (Å²) in [7, 11) is 4.14. The molecular formula is C28H43NO3. The maximum atomic E-state index is 10.9. The van der Waals surface area contributed by atoms with E-state index in [1.165, 1.54) is 37.7 Å². The fraction of sp³-hybridized carbons (Fsp3) is 0.786. The maximum Gasteiger partial charge on any atom is 0.119 e. The van der Waals surface area contributed by atoms with Crippen LogP contribution in [0.15, 0.2) is 24.3 Å². The highest BCUT2D eigenvalue weighted by Crippen LogP contribution is 2.65. The Bertz CT molecular complexity index is 779. The molecule has 178 valence electrons. The minimum absolute atomic E-state index is 0.0929. The van der Waals surface area contributed by atoms with Crippen LogP contribution in [0.5, 0.6) is 5.75 Å². The molecular weight excluding hydrogens is 398 g/mol. The van der Waals surface area contributed by atoms with Crippen molar-refractivity contribution in [2.24, 2.45) is 35.0 Å². The first-order valence-corrected chi connectivity index (χ1v) is 13.1. The zero-order chi connectivity index (χ0) is 22.5. The van der Waals surface area contributed by atoms with E-state index in [9.17, 15) is 10.2 Å².